The van der Waals surface area contributed by atoms with Gasteiger partial charge in [0.1, 0.15) is 18.1 Å². The highest BCUT2D eigenvalue weighted by molar-refractivity contribution is 14.0. The molecule has 0 unspecified atom stereocenters. The van der Waals surface area contributed by atoms with Gasteiger partial charge in [-0.25, -0.2) is 8.78 Å². The third-order valence-electron chi connectivity index (χ3n) is 4.00. The monoisotopic (exact) mass is 557 g/mol. The van der Waals surface area contributed by atoms with E-state index in [9.17, 15) is 17.6 Å². The number of nitrogens with one attached hydrogen (secondary N) is 2. The Balaban J connectivity index is 0.00000341. The lowest BCUT2D eigenvalue weighted by molar-refractivity contribution is -0.0505. The van der Waals surface area contributed by atoms with E-state index in [1.165, 1.54) is 19.2 Å². The molecule has 0 saturated heterocycles. The Labute approximate surface area is 192 Å². The molecule has 0 aliphatic carbocycles. The lowest BCUT2D eigenvalue weighted by Gasteiger charge is -2.15. The summed E-state index contributed by atoms with van der Waals surface area (Å²) in [6.07, 6.45) is 0. The largest absolute Gasteiger partial charge is 0.492 e. The van der Waals surface area contributed by atoms with Crippen LogP contribution in [0.3, 0.4) is 0 Å². The van der Waals surface area contributed by atoms with E-state index in [0.29, 0.717) is 29.6 Å². The summed E-state index contributed by atoms with van der Waals surface area (Å²) < 4.78 is 71.8. The van der Waals surface area contributed by atoms with Crippen molar-refractivity contribution in [3.63, 3.8) is 0 Å². The van der Waals surface area contributed by atoms with E-state index in [-0.39, 0.29) is 55.4 Å². The van der Waals surface area contributed by atoms with Crippen molar-refractivity contribution in [3.8, 4) is 23.0 Å². The fourth-order valence-electron chi connectivity index (χ4n) is 2.61. The van der Waals surface area contributed by atoms with Crippen LogP contribution in [0.1, 0.15) is 5.56 Å². The molecule has 170 valence electrons. The Hall–Kier alpha value is -2.64. The Morgan fingerprint density at radius 1 is 1.10 bits per heavy atom. The van der Waals surface area contributed by atoms with E-state index >= 15 is 0 Å². The van der Waals surface area contributed by atoms with Crippen molar-refractivity contribution in [2.45, 2.75) is 13.2 Å². The van der Waals surface area contributed by atoms with Crippen molar-refractivity contribution in [2.24, 2.45) is 4.99 Å². The molecule has 0 radical (unpaired) electrons. The maximum Gasteiger partial charge on any atom is 0.387 e. The van der Waals surface area contributed by atoms with Crippen molar-refractivity contribution in [1.82, 2.24) is 10.6 Å². The number of hydrogen-bond acceptors (Lipinski definition) is 5. The fraction of sp³-hybridized carbons (Fsp3) is 0.316. The summed E-state index contributed by atoms with van der Waals surface area (Å²) in [7, 11) is 1.53. The molecular formula is C19H20F4IN3O4. The van der Waals surface area contributed by atoms with E-state index in [1.54, 1.807) is 6.07 Å². The number of aliphatic imine (C=N–C) groups is 1. The average Bonchev–Trinajstić information content (AvgIpc) is 3.16. The molecule has 1 aliphatic heterocycles. The highest BCUT2D eigenvalue weighted by Crippen LogP contribution is 2.38. The fourth-order valence-corrected chi connectivity index (χ4v) is 2.61. The van der Waals surface area contributed by atoms with Crippen LogP contribution in [0.5, 0.6) is 23.0 Å². The van der Waals surface area contributed by atoms with Crippen LogP contribution >= 0.6 is 24.0 Å². The predicted octanol–water partition coefficient (Wildman–Crippen LogP) is 3.66. The van der Waals surface area contributed by atoms with Gasteiger partial charge >= 0.3 is 6.61 Å². The van der Waals surface area contributed by atoms with Crippen molar-refractivity contribution < 1.29 is 36.5 Å². The van der Waals surface area contributed by atoms with E-state index < -0.39 is 18.2 Å². The molecule has 0 saturated carbocycles. The first-order valence-corrected chi connectivity index (χ1v) is 8.86. The maximum absolute atomic E-state index is 13.2. The number of hydrogen-bond donors (Lipinski definition) is 2. The number of guanidine groups is 1. The summed E-state index contributed by atoms with van der Waals surface area (Å²) in [4.78, 5) is 4.02. The number of fused-ring (bicyclic) bond motifs is 1. The number of benzene rings is 2. The molecule has 0 amide bonds. The van der Waals surface area contributed by atoms with Gasteiger partial charge in [0, 0.05) is 31.3 Å². The van der Waals surface area contributed by atoms with Gasteiger partial charge in [-0.3, -0.25) is 4.99 Å². The lowest BCUT2D eigenvalue weighted by atomic mass is 10.1. The SMILES string of the molecule is CN=C(NCCOc1ccc(F)c(F)c1)NCc1cc2c(cc1OC(F)F)OCO2.I. The smallest absolute Gasteiger partial charge is 0.387 e. The first-order valence-electron chi connectivity index (χ1n) is 8.86. The van der Waals surface area contributed by atoms with Crippen LogP contribution in [0.15, 0.2) is 35.3 Å². The Kier molecular flexibility index (Phi) is 9.27. The van der Waals surface area contributed by atoms with Crippen LogP contribution in [0.2, 0.25) is 0 Å². The zero-order valence-electron chi connectivity index (χ0n) is 16.3. The summed E-state index contributed by atoms with van der Waals surface area (Å²) >= 11 is 0. The quantitative estimate of drug-likeness (QED) is 0.170. The highest BCUT2D eigenvalue weighted by Gasteiger charge is 2.20. The molecule has 0 atom stereocenters. The molecule has 2 aromatic rings. The van der Waals surface area contributed by atoms with E-state index in [2.05, 4.69) is 20.4 Å². The zero-order valence-corrected chi connectivity index (χ0v) is 18.6. The maximum atomic E-state index is 13.2. The summed E-state index contributed by atoms with van der Waals surface area (Å²) in [5.41, 5.74) is 0.417. The molecule has 2 aromatic carbocycles. The minimum atomic E-state index is -2.99. The number of halogens is 5. The van der Waals surface area contributed by atoms with Crippen LogP contribution in [-0.2, 0) is 6.54 Å². The molecule has 0 spiro atoms. The topological polar surface area (TPSA) is 73.3 Å². The van der Waals surface area contributed by atoms with Gasteiger partial charge < -0.3 is 29.6 Å². The molecule has 0 fully saturated rings. The van der Waals surface area contributed by atoms with Crippen LogP contribution < -0.4 is 29.6 Å². The molecular weight excluding hydrogens is 537 g/mol. The molecule has 0 bridgehead atoms. The van der Waals surface area contributed by atoms with Gasteiger partial charge in [0.2, 0.25) is 6.79 Å². The van der Waals surface area contributed by atoms with E-state index in [0.717, 1.165) is 12.1 Å². The van der Waals surface area contributed by atoms with Crippen molar-refractivity contribution in [1.29, 1.82) is 0 Å². The van der Waals surface area contributed by atoms with Crippen molar-refractivity contribution >= 4 is 29.9 Å². The second-order valence-electron chi connectivity index (χ2n) is 5.97. The van der Waals surface area contributed by atoms with Gasteiger partial charge in [-0.1, -0.05) is 0 Å². The molecule has 0 aromatic heterocycles. The minimum Gasteiger partial charge on any atom is -0.492 e. The average molecular weight is 557 g/mol. The standard InChI is InChI=1S/C19H19F4N3O4.HI/c1-24-19(25-4-5-27-12-2-3-13(20)14(21)7-12)26-9-11-6-16-17(29-10-28-16)8-15(11)30-18(22)23;/h2-3,6-8,18H,4-5,9-10H2,1H3,(H2,24,25,26);1H. The Morgan fingerprint density at radius 3 is 2.52 bits per heavy atom. The second-order valence-corrected chi connectivity index (χ2v) is 5.97. The van der Waals surface area contributed by atoms with Crippen molar-refractivity contribution in [2.75, 3.05) is 27.0 Å². The summed E-state index contributed by atoms with van der Waals surface area (Å²) in [6, 6.07) is 6.13. The highest BCUT2D eigenvalue weighted by atomic mass is 127. The molecule has 1 heterocycles. The van der Waals surface area contributed by atoms with Crippen LogP contribution in [0, 0.1) is 11.6 Å². The van der Waals surface area contributed by atoms with Crippen LogP contribution in [0.4, 0.5) is 17.6 Å². The molecule has 2 N–H and O–H groups in total. The van der Waals surface area contributed by atoms with Gasteiger partial charge in [0.15, 0.2) is 29.1 Å². The first-order chi connectivity index (χ1) is 14.5. The third kappa shape index (κ3) is 6.94. The molecule has 3 rings (SSSR count). The van der Waals surface area contributed by atoms with Crippen molar-refractivity contribution in [3.05, 3.63) is 47.5 Å². The Bertz CT molecular complexity index is 918. The van der Waals surface area contributed by atoms with Crippen LogP contribution in [0.25, 0.3) is 0 Å². The molecule has 31 heavy (non-hydrogen) atoms. The third-order valence-corrected chi connectivity index (χ3v) is 4.00. The first kappa shape index (κ1) is 24.6. The van der Waals surface area contributed by atoms with Gasteiger partial charge in [-0.05, 0) is 18.2 Å². The van der Waals surface area contributed by atoms with Gasteiger partial charge in [0.25, 0.3) is 0 Å². The summed E-state index contributed by atoms with van der Waals surface area (Å²) in [6.45, 7) is -2.44. The van der Waals surface area contributed by atoms with Gasteiger partial charge in [0.05, 0.1) is 6.54 Å². The molecule has 12 heteroatoms. The minimum absolute atomic E-state index is 0. The number of alkyl halides is 2. The number of ether oxygens (including phenoxy) is 4. The second kappa shape index (κ2) is 11.7. The summed E-state index contributed by atoms with van der Waals surface area (Å²) in [5, 5.41) is 5.91. The number of nitrogens with zero attached hydrogens (tertiary/aromatic N) is 1. The lowest BCUT2D eigenvalue weighted by Crippen LogP contribution is -2.39. The van der Waals surface area contributed by atoms with Gasteiger partial charge in [-0.15, -0.1) is 24.0 Å². The Morgan fingerprint density at radius 2 is 1.84 bits per heavy atom. The van der Waals surface area contributed by atoms with E-state index in [1.807, 2.05) is 0 Å². The molecule has 7 nitrogen and oxygen atoms in total. The summed E-state index contributed by atoms with van der Waals surface area (Å²) in [5.74, 6) is -0.689. The van der Waals surface area contributed by atoms with Gasteiger partial charge in [-0.2, -0.15) is 8.78 Å². The normalized spacial score (nSPS) is 12.4. The number of rotatable bonds is 8. The van der Waals surface area contributed by atoms with E-state index in [4.69, 9.17) is 14.2 Å². The molecule has 1 aliphatic rings. The zero-order chi connectivity index (χ0) is 21.5. The van der Waals surface area contributed by atoms with Crippen LogP contribution in [-0.4, -0.2) is 39.6 Å². The predicted molar refractivity (Wildman–Crippen MR) is 115 cm³/mol.